The molecule has 0 saturated carbocycles. The Bertz CT molecular complexity index is 323. The van der Waals surface area contributed by atoms with Gasteiger partial charge in [0.15, 0.2) is 0 Å². The molecular weight excluding hydrogens is 240 g/mol. The topological polar surface area (TPSA) is 78.4 Å². The van der Waals surface area contributed by atoms with E-state index in [9.17, 15) is 9.59 Å². The maximum Gasteiger partial charge on any atom is 0.327 e. The first-order valence-electron chi connectivity index (χ1n) is 5.08. The molecule has 0 aliphatic carbocycles. The molecule has 0 bridgehead atoms. The van der Waals surface area contributed by atoms with Crippen LogP contribution in [-0.4, -0.2) is 40.7 Å². The van der Waals surface area contributed by atoms with Crippen LogP contribution in [-0.2, 0) is 4.79 Å². The van der Waals surface area contributed by atoms with Crippen LogP contribution in [0.25, 0.3) is 0 Å². The van der Waals surface area contributed by atoms with Gasteiger partial charge in [-0.25, -0.2) is 9.59 Å². The van der Waals surface area contributed by atoms with Crippen molar-refractivity contribution in [3.63, 3.8) is 0 Å². The third-order valence-corrected chi connectivity index (χ3v) is 3.40. The highest BCUT2D eigenvalue weighted by Crippen LogP contribution is 2.19. The van der Waals surface area contributed by atoms with Crippen LogP contribution >= 0.6 is 11.8 Å². The Morgan fingerprint density at radius 2 is 2.12 bits per heavy atom. The van der Waals surface area contributed by atoms with E-state index in [1.54, 1.807) is 11.8 Å². The van der Waals surface area contributed by atoms with Gasteiger partial charge in [0.2, 0.25) is 0 Å². The molecule has 1 atom stereocenters. The van der Waals surface area contributed by atoms with Crippen LogP contribution in [0.1, 0.15) is 20.3 Å². The molecule has 0 aliphatic rings. The zero-order valence-electron chi connectivity index (χ0n) is 10.2. The van der Waals surface area contributed by atoms with Crippen LogP contribution < -0.4 is 10.6 Å². The number of rotatable bonds is 6. The fraction of sp³-hybridized carbons (Fsp3) is 0.636. The monoisotopic (exact) mass is 258 g/mol. The van der Waals surface area contributed by atoms with Crippen LogP contribution in [0.15, 0.2) is 0 Å². The summed E-state index contributed by atoms with van der Waals surface area (Å²) in [4.78, 5) is 22.2. The van der Waals surface area contributed by atoms with Gasteiger partial charge in [0.05, 0.1) is 0 Å². The normalized spacial score (nSPS) is 12.4. The van der Waals surface area contributed by atoms with Gasteiger partial charge in [-0.3, -0.25) is 0 Å². The van der Waals surface area contributed by atoms with E-state index in [1.165, 1.54) is 0 Å². The van der Waals surface area contributed by atoms with Crippen molar-refractivity contribution in [2.24, 2.45) is 0 Å². The summed E-state index contributed by atoms with van der Waals surface area (Å²) < 4.78 is -0.0951. The van der Waals surface area contributed by atoms with Crippen molar-refractivity contribution in [2.45, 2.75) is 31.1 Å². The fourth-order valence-electron chi connectivity index (χ4n) is 0.893. The molecule has 96 valence electrons. The van der Waals surface area contributed by atoms with Crippen LogP contribution in [0.3, 0.4) is 0 Å². The van der Waals surface area contributed by atoms with E-state index in [-0.39, 0.29) is 11.2 Å². The minimum absolute atomic E-state index is 0.0331. The number of urea groups is 1. The highest BCUT2D eigenvalue weighted by atomic mass is 32.2. The van der Waals surface area contributed by atoms with Crippen LogP contribution in [0.5, 0.6) is 0 Å². The third kappa shape index (κ3) is 6.74. The lowest BCUT2D eigenvalue weighted by atomic mass is 10.2. The van der Waals surface area contributed by atoms with Crippen molar-refractivity contribution in [1.29, 1.82) is 0 Å². The van der Waals surface area contributed by atoms with E-state index < -0.39 is 18.0 Å². The molecule has 0 rings (SSSR count). The van der Waals surface area contributed by atoms with E-state index in [4.69, 9.17) is 11.5 Å². The van der Waals surface area contributed by atoms with Crippen LogP contribution in [0.2, 0.25) is 0 Å². The quantitative estimate of drug-likeness (QED) is 0.619. The Labute approximate surface area is 106 Å². The predicted molar refractivity (Wildman–Crippen MR) is 69.0 cm³/mol. The molecular formula is C11H18N2O3S. The number of carbonyl (C=O) groups excluding carboxylic acids is 1. The summed E-state index contributed by atoms with van der Waals surface area (Å²) >= 11 is 1.61. The van der Waals surface area contributed by atoms with Crippen LogP contribution in [0, 0.1) is 12.3 Å². The average molecular weight is 258 g/mol. The van der Waals surface area contributed by atoms with Gasteiger partial charge in [-0.15, -0.1) is 12.3 Å². The Morgan fingerprint density at radius 1 is 1.53 bits per heavy atom. The van der Waals surface area contributed by atoms with Gasteiger partial charge in [0.25, 0.3) is 0 Å². The van der Waals surface area contributed by atoms with E-state index in [0.29, 0.717) is 6.54 Å². The number of carboxylic acid groups (broad SMARTS) is 1. The summed E-state index contributed by atoms with van der Waals surface area (Å²) in [5, 5.41) is 13.7. The number of nitrogens with one attached hydrogen (secondary N) is 2. The molecule has 5 nitrogen and oxygen atoms in total. The van der Waals surface area contributed by atoms with Crippen molar-refractivity contribution in [3.05, 3.63) is 0 Å². The number of terminal acetylenes is 1. The molecule has 17 heavy (non-hydrogen) atoms. The zero-order chi connectivity index (χ0) is 13.5. The summed E-state index contributed by atoms with van der Waals surface area (Å²) in [6.45, 7) is 4.41. The zero-order valence-corrected chi connectivity index (χ0v) is 11.1. The molecule has 0 saturated heterocycles. The number of thioether (sulfide) groups is 1. The molecule has 0 radical (unpaired) electrons. The van der Waals surface area contributed by atoms with Crippen LogP contribution in [0.4, 0.5) is 4.79 Å². The second-order valence-electron chi connectivity index (χ2n) is 4.09. The van der Waals surface area contributed by atoms with E-state index in [0.717, 1.165) is 0 Å². The minimum atomic E-state index is -1.14. The standard InChI is InChI=1S/C11H18N2O3S/c1-5-6-8(9(14)15)13-10(16)12-7-11(2,3)17-4/h1,8H,6-7H2,2-4H3,(H,14,15)(H2,12,13,16). The number of aliphatic carboxylic acids is 1. The summed E-state index contributed by atoms with van der Waals surface area (Å²) in [6.07, 6.45) is 6.93. The summed E-state index contributed by atoms with van der Waals surface area (Å²) in [7, 11) is 0. The maximum absolute atomic E-state index is 11.4. The highest BCUT2D eigenvalue weighted by molar-refractivity contribution is 7.99. The highest BCUT2D eigenvalue weighted by Gasteiger charge is 2.21. The number of carbonyl (C=O) groups is 2. The fourth-order valence-corrected chi connectivity index (χ4v) is 1.11. The lowest BCUT2D eigenvalue weighted by Gasteiger charge is -2.23. The number of carboxylic acids is 1. The summed E-state index contributed by atoms with van der Waals surface area (Å²) in [5.41, 5.74) is 0. The van der Waals surface area contributed by atoms with E-state index in [2.05, 4.69) is 16.6 Å². The van der Waals surface area contributed by atoms with Crippen molar-refractivity contribution in [3.8, 4) is 12.3 Å². The second kappa shape index (κ2) is 7.07. The molecule has 0 aromatic carbocycles. The van der Waals surface area contributed by atoms with Gasteiger partial charge in [0.1, 0.15) is 6.04 Å². The minimum Gasteiger partial charge on any atom is -0.480 e. The Morgan fingerprint density at radius 3 is 2.53 bits per heavy atom. The van der Waals surface area contributed by atoms with Gasteiger partial charge < -0.3 is 15.7 Å². The molecule has 1 unspecified atom stereocenters. The molecule has 0 aromatic heterocycles. The number of amides is 2. The summed E-state index contributed by atoms with van der Waals surface area (Å²) in [6, 6.07) is -1.56. The van der Waals surface area contributed by atoms with Crippen molar-refractivity contribution < 1.29 is 14.7 Å². The Hall–Kier alpha value is -1.35. The molecule has 0 spiro atoms. The number of hydrogen-bond donors (Lipinski definition) is 3. The van der Waals surface area contributed by atoms with E-state index in [1.807, 2.05) is 20.1 Å². The first-order valence-corrected chi connectivity index (χ1v) is 6.30. The maximum atomic E-state index is 11.4. The summed E-state index contributed by atoms with van der Waals surface area (Å²) in [5.74, 6) is 1.07. The Balaban J connectivity index is 4.17. The van der Waals surface area contributed by atoms with Gasteiger partial charge >= 0.3 is 12.0 Å². The molecule has 0 fully saturated rings. The van der Waals surface area contributed by atoms with Crippen molar-refractivity contribution in [2.75, 3.05) is 12.8 Å². The molecule has 0 heterocycles. The van der Waals surface area contributed by atoms with Gasteiger partial charge in [-0.2, -0.15) is 11.8 Å². The predicted octanol–water partition coefficient (Wildman–Crippen LogP) is 0.904. The third-order valence-electron chi connectivity index (χ3n) is 2.15. The molecule has 3 N–H and O–H groups in total. The van der Waals surface area contributed by atoms with Crippen molar-refractivity contribution in [1.82, 2.24) is 10.6 Å². The first kappa shape index (κ1) is 15.7. The van der Waals surface area contributed by atoms with E-state index >= 15 is 0 Å². The average Bonchev–Trinajstić information content (AvgIpc) is 2.26. The Kier molecular flexibility index (Phi) is 6.51. The molecule has 2 amide bonds. The van der Waals surface area contributed by atoms with Gasteiger partial charge in [-0.05, 0) is 20.1 Å². The number of hydrogen-bond acceptors (Lipinski definition) is 3. The van der Waals surface area contributed by atoms with Crippen molar-refractivity contribution >= 4 is 23.8 Å². The largest absolute Gasteiger partial charge is 0.480 e. The molecule has 0 aromatic rings. The molecule has 6 heteroatoms. The SMILES string of the molecule is C#CCC(NC(=O)NCC(C)(C)SC)C(=O)O. The molecule has 0 aliphatic heterocycles. The van der Waals surface area contributed by atoms with Gasteiger partial charge in [0, 0.05) is 17.7 Å². The first-order chi connectivity index (χ1) is 7.82. The smallest absolute Gasteiger partial charge is 0.327 e. The second-order valence-corrected chi connectivity index (χ2v) is 5.60. The lowest BCUT2D eigenvalue weighted by molar-refractivity contribution is -0.139. The van der Waals surface area contributed by atoms with Gasteiger partial charge in [-0.1, -0.05) is 0 Å². The lowest BCUT2D eigenvalue weighted by Crippen LogP contribution is -2.48.